The Kier molecular flexibility index (Phi) is 8.84. The fourth-order valence-electron chi connectivity index (χ4n) is 3.29. The summed E-state index contributed by atoms with van der Waals surface area (Å²) in [6, 6.07) is 9.56. The molecule has 0 bridgehead atoms. The van der Waals surface area contributed by atoms with Crippen molar-refractivity contribution in [2.75, 3.05) is 26.9 Å². The summed E-state index contributed by atoms with van der Waals surface area (Å²) in [4.78, 5) is 4.23. The van der Waals surface area contributed by atoms with Gasteiger partial charge in [0.15, 0.2) is 12.8 Å². The Morgan fingerprint density at radius 3 is 2.67 bits per heavy atom. The number of nitrogens with one attached hydrogen (secondary N) is 2. The van der Waals surface area contributed by atoms with Crippen molar-refractivity contribution in [3.8, 4) is 5.75 Å². The van der Waals surface area contributed by atoms with E-state index < -0.39 is 0 Å². The molecule has 0 saturated carbocycles. The lowest BCUT2D eigenvalue weighted by atomic mass is 9.84. The molecule has 2 aromatic rings. The van der Waals surface area contributed by atoms with Crippen LogP contribution in [0.4, 0.5) is 8.78 Å². The van der Waals surface area contributed by atoms with Crippen LogP contribution in [-0.4, -0.2) is 32.9 Å². The van der Waals surface area contributed by atoms with Crippen LogP contribution in [0.25, 0.3) is 0 Å². The molecular weight excluding hydrogens is 503 g/mol. The molecule has 3 rings (SSSR count). The van der Waals surface area contributed by atoms with Gasteiger partial charge in [0.2, 0.25) is 0 Å². The monoisotopic (exact) mass is 531 g/mol. The van der Waals surface area contributed by atoms with Crippen molar-refractivity contribution in [2.45, 2.75) is 32.3 Å². The standard InChI is InChI=1S/C22H27F2N3O2.HI/c1-22(2,17-5-4-6-18(23)11-17)13-27-21(25-3)26-8-7-15-9-19(24)10-16-12-28-14-29-20(15)16;/h4-6,9-11H,7-8,12-14H2,1-3H3,(H2,25,26,27);1H. The van der Waals surface area contributed by atoms with Crippen LogP contribution < -0.4 is 15.4 Å². The molecule has 5 nitrogen and oxygen atoms in total. The van der Waals surface area contributed by atoms with Crippen molar-refractivity contribution < 1.29 is 18.3 Å². The summed E-state index contributed by atoms with van der Waals surface area (Å²) >= 11 is 0. The Hall–Kier alpha value is -1.94. The zero-order valence-electron chi connectivity index (χ0n) is 17.4. The van der Waals surface area contributed by atoms with Crippen LogP contribution in [0.2, 0.25) is 0 Å². The largest absolute Gasteiger partial charge is 0.467 e. The third-order valence-electron chi connectivity index (χ3n) is 4.97. The van der Waals surface area contributed by atoms with Gasteiger partial charge in [-0.25, -0.2) is 8.78 Å². The Morgan fingerprint density at radius 2 is 1.93 bits per heavy atom. The second-order valence-corrected chi connectivity index (χ2v) is 7.66. The summed E-state index contributed by atoms with van der Waals surface area (Å²) in [7, 11) is 1.69. The zero-order valence-corrected chi connectivity index (χ0v) is 19.8. The number of rotatable bonds is 6. The summed E-state index contributed by atoms with van der Waals surface area (Å²) in [5.41, 5.74) is 2.15. The number of hydrogen-bond donors (Lipinski definition) is 2. The summed E-state index contributed by atoms with van der Waals surface area (Å²) in [6.07, 6.45) is 0.577. The van der Waals surface area contributed by atoms with E-state index in [9.17, 15) is 8.78 Å². The molecule has 164 valence electrons. The Morgan fingerprint density at radius 1 is 1.13 bits per heavy atom. The van der Waals surface area contributed by atoms with Crippen molar-refractivity contribution in [3.63, 3.8) is 0 Å². The van der Waals surface area contributed by atoms with Gasteiger partial charge in [0.25, 0.3) is 0 Å². The normalized spacial score (nSPS) is 13.7. The molecule has 0 fully saturated rings. The molecule has 1 aliphatic rings. The van der Waals surface area contributed by atoms with E-state index >= 15 is 0 Å². The summed E-state index contributed by atoms with van der Waals surface area (Å²) in [5.74, 6) is 0.787. The van der Waals surface area contributed by atoms with Crippen molar-refractivity contribution in [2.24, 2.45) is 4.99 Å². The van der Waals surface area contributed by atoms with E-state index in [4.69, 9.17) is 9.47 Å². The van der Waals surface area contributed by atoms with Crippen molar-refractivity contribution in [1.82, 2.24) is 10.6 Å². The first kappa shape index (κ1) is 24.3. The van der Waals surface area contributed by atoms with Gasteiger partial charge in [-0.3, -0.25) is 4.99 Å². The molecule has 1 heterocycles. The Labute approximate surface area is 193 Å². The molecule has 0 radical (unpaired) electrons. The first-order valence-corrected chi connectivity index (χ1v) is 9.61. The fourth-order valence-corrected chi connectivity index (χ4v) is 3.29. The van der Waals surface area contributed by atoms with Crippen molar-refractivity contribution >= 4 is 29.9 Å². The number of hydrogen-bond acceptors (Lipinski definition) is 3. The molecule has 2 aromatic carbocycles. The molecule has 2 N–H and O–H groups in total. The van der Waals surface area contributed by atoms with Gasteiger partial charge in [0.05, 0.1) is 6.61 Å². The molecular formula is C22H28F2IN3O2. The summed E-state index contributed by atoms with van der Waals surface area (Å²) in [6.45, 7) is 5.75. The van der Waals surface area contributed by atoms with Crippen molar-refractivity contribution in [3.05, 3.63) is 64.7 Å². The quantitative estimate of drug-likeness (QED) is 0.335. The number of guanidine groups is 1. The zero-order chi connectivity index (χ0) is 20.9. The maximum atomic E-state index is 13.9. The van der Waals surface area contributed by atoms with E-state index in [-0.39, 0.29) is 47.8 Å². The minimum absolute atomic E-state index is 0. The van der Waals surface area contributed by atoms with E-state index in [1.807, 2.05) is 19.9 Å². The van der Waals surface area contributed by atoms with E-state index in [2.05, 4.69) is 15.6 Å². The topological polar surface area (TPSA) is 54.9 Å². The highest BCUT2D eigenvalue weighted by Crippen LogP contribution is 2.29. The number of halogens is 3. The highest BCUT2D eigenvalue weighted by molar-refractivity contribution is 14.0. The summed E-state index contributed by atoms with van der Waals surface area (Å²) < 4.78 is 38.2. The van der Waals surface area contributed by atoms with E-state index in [0.29, 0.717) is 37.8 Å². The van der Waals surface area contributed by atoms with Gasteiger partial charge in [0, 0.05) is 31.1 Å². The maximum absolute atomic E-state index is 13.9. The second-order valence-electron chi connectivity index (χ2n) is 7.66. The third kappa shape index (κ3) is 6.28. The van der Waals surface area contributed by atoms with E-state index in [1.54, 1.807) is 19.2 Å². The molecule has 8 heteroatoms. The van der Waals surface area contributed by atoms with Crippen LogP contribution in [0.1, 0.15) is 30.5 Å². The van der Waals surface area contributed by atoms with Gasteiger partial charge >= 0.3 is 0 Å². The van der Waals surface area contributed by atoms with Crippen molar-refractivity contribution in [1.29, 1.82) is 0 Å². The predicted molar refractivity (Wildman–Crippen MR) is 125 cm³/mol. The van der Waals surface area contributed by atoms with Crippen LogP contribution in [0.3, 0.4) is 0 Å². The third-order valence-corrected chi connectivity index (χ3v) is 4.97. The van der Waals surface area contributed by atoms with Gasteiger partial charge < -0.3 is 20.1 Å². The van der Waals surface area contributed by atoms with Crippen LogP contribution in [0, 0.1) is 11.6 Å². The van der Waals surface area contributed by atoms with Crippen LogP contribution >= 0.6 is 24.0 Å². The van der Waals surface area contributed by atoms with Crippen LogP contribution in [0.15, 0.2) is 41.4 Å². The lowest BCUT2D eigenvalue weighted by Gasteiger charge is -2.27. The van der Waals surface area contributed by atoms with E-state index in [0.717, 1.165) is 16.7 Å². The molecule has 0 saturated heterocycles. The van der Waals surface area contributed by atoms with Gasteiger partial charge in [-0.1, -0.05) is 26.0 Å². The molecule has 0 aromatic heterocycles. The molecule has 0 amide bonds. The first-order valence-electron chi connectivity index (χ1n) is 9.61. The van der Waals surface area contributed by atoms with Gasteiger partial charge in [-0.15, -0.1) is 24.0 Å². The number of benzene rings is 2. The lowest BCUT2D eigenvalue weighted by Crippen LogP contribution is -2.44. The van der Waals surface area contributed by atoms with Gasteiger partial charge in [-0.05, 0) is 41.8 Å². The number of fused-ring (bicyclic) bond motifs is 1. The Balaban J connectivity index is 0.00000320. The Bertz CT molecular complexity index is 891. The van der Waals surface area contributed by atoms with Gasteiger partial charge in [0.1, 0.15) is 17.4 Å². The smallest absolute Gasteiger partial charge is 0.191 e. The molecule has 0 unspecified atom stereocenters. The first-order chi connectivity index (χ1) is 13.9. The van der Waals surface area contributed by atoms with E-state index in [1.165, 1.54) is 18.2 Å². The average molecular weight is 531 g/mol. The number of aliphatic imine (C=N–C) groups is 1. The van der Waals surface area contributed by atoms with Gasteiger partial charge in [-0.2, -0.15) is 0 Å². The number of nitrogens with zero attached hydrogens (tertiary/aromatic N) is 1. The maximum Gasteiger partial charge on any atom is 0.191 e. The lowest BCUT2D eigenvalue weighted by molar-refractivity contribution is -0.0172. The molecule has 30 heavy (non-hydrogen) atoms. The highest BCUT2D eigenvalue weighted by atomic mass is 127. The average Bonchev–Trinajstić information content (AvgIpc) is 2.70. The minimum atomic E-state index is -0.299. The minimum Gasteiger partial charge on any atom is -0.467 e. The van der Waals surface area contributed by atoms with Crippen LogP contribution in [-0.2, 0) is 23.2 Å². The predicted octanol–water partition coefficient (Wildman–Crippen LogP) is 4.13. The SMILES string of the molecule is CN=C(NCCc1cc(F)cc2c1OCOC2)NCC(C)(C)c1cccc(F)c1.I. The molecule has 0 atom stereocenters. The second kappa shape index (κ2) is 10.9. The summed E-state index contributed by atoms with van der Waals surface area (Å²) in [5, 5.41) is 6.51. The highest BCUT2D eigenvalue weighted by Gasteiger charge is 2.21. The molecule has 0 spiro atoms. The van der Waals surface area contributed by atoms with Crippen LogP contribution in [0.5, 0.6) is 5.75 Å². The molecule has 0 aliphatic carbocycles. The number of ether oxygens (including phenoxy) is 2. The fraction of sp³-hybridized carbons (Fsp3) is 0.409. The molecule has 1 aliphatic heterocycles.